The summed E-state index contributed by atoms with van der Waals surface area (Å²) in [5, 5.41) is 0. The van der Waals surface area contributed by atoms with Gasteiger partial charge in [-0.05, 0) is 24.5 Å². The third-order valence-electron chi connectivity index (χ3n) is 2.44. The van der Waals surface area contributed by atoms with Gasteiger partial charge in [0.1, 0.15) is 4.21 Å². The van der Waals surface area contributed by atoms with E-state index in [2.05, 4.69) is 4.72 Å². The summed E-state index contributed by atoms with van der Waals surface area (Å²) in [5.41, 5.74) is -0.117. The van der Waals surface area contributed by atoms with Crippen LogP contribution >= 0.6 is 22.9 Å². The van der Waals surface area contributed by atoms with E-state index in [-0.39, 0.29) is 15.7 Å². The smallest absolute Gasteiger partial charge is 0.207 e. The van der Waals surface area contributed by atoms with Crippen LogP contribution in [0.2, 0.25) is 4.34 Å². The Hall–Kier alpha value is -0.100. The van der Waals surface area contributed by atoms with E-state index in [0.29, 0.717) is 4.34 Å². The molecule has 1 heterocycles. The van der Waals surface area contributed by atoms with Gasteiger partial charge in [-0.1, -0.05) is 32.4 Å². The van der Waals surface area contributed by atoms with E-state index in [1.54, 1.807) is 6.07 Å². The minimum Gasteiger partial charge on any atom is -0.207 e. The van der Waals surface area contributed by atoms with E-state index >= 15 is 0 Å². The molecule has 92 valence electrons. The zero-order valence-corrected chi connectivity index (χ0v) is 12.1. The molecule has 0 unspecified atom stereocenters. The van der Waals surface area contributed by atoms with Crippen molar-refractivity contribution in [1.82, 2.24) is 4.72 Å². The molecule has 0 spiro atoms. The van der Waals surface area contributed by atoms with E-state index < -0.39 is 10.0 Å². The molecule has 0 fully saturated rings. The summed E-state index contributed by atoms with van der Waals surface area (Å²) < 4.78 is 27.3. The van der Waals surface area contributed by atoms with Crippen molar-refractivity contribution in [1.29, 1.82) is 0 Å². The van der Waals surface area contributed by atoms with Crippen LogP contribution in [0.25, 0.3) is 0 Å². The molecule has 16 heavy (non-hydrogen) atoms. The molecule has 0 aliphatic carbocycles. The molecule has 3 nitrogen and oxygen atoms in total. The zero-order valence-electron chi connectivity index (χ0n) is 9.74. The molecule has 0 radical (unpaired) electrons. The topological polar surface area (TPSA) is 46.2 Å². The largest absolute Gasteiger partial charge is 0.250 e. The Morgan fingerprint density at radius 2 is 1.94 bits per heavy atom. The Labute approximate surface area is 106 Å². The van der Waals surface area contributed by atoms with E-state index in [9.17, 15) is 8.42 Å². The Morgan fingerprint density at radius 3 is 2.31 bits per heavy atom. The van der Waals surface area contributed by atoms with Crippen LogP contribution in [-0.2, 0) is 10.0 Å². The van der Waals surface area contributed by atoms with Gasteiger partial charge in [-0.2, -0.15) is 0 Å². The molecule has 0 aromatic carbocycles. The third kappa shape index (κ3) is 3.45. The van der Waals surface area contributed by atoms with Gasteiger partial charge in [-0.3, -0.25) is 0 Å². The molecule has 0 saturated heterocycles. The second-order valence-electron chi connectivity index (χ2n) is 4.77. The third-order valence-corrected chi connectivity index (χ3v) is 5.71. The van der Waals surface area contributed by atoms with Gasteiger partial charge in [-0.15, -0.1) is 11.3 Å². The van der Waals surface area contributed by atoms with Gasteiger partial charge in [0, 0.05) is 6.04 Å². The number of sulfonamides is 1. The second-order valence-corrected chi connectivity index (χ2v) is 8.42. The number of hydrogen-bond donors (Lipinski definition) is 1. The predicted octanol–water partition coefficient (Wildman–Crippen LogP) is 3.11. The summed E-state index contributed by atoms with van der Waals surface area (Å²) in [6.45, 7) is 7.82. The average molecular weight is 282 g/mol. The van der Waals surface area contributed by atoms with Crippen molar-refractivity contribution in [2.24, 2.45) is 5.41 Å². The van der Waals surface area contributed by atoms with Crippen molar-refractivity contribution in [2.75, 3.05) is 0 Å². The Bertz CT molecular complexity index is 459. The summed E-state index contributed by atoms with van der Waals surface area (Å²) in [6, 6.07) is 2.96. The molecular formula is C10H16ClNO2S2. The maximum atomic E-state index is 11.9. The molecule has 0 aliphatic rings. The molecule has 0 saturated carbocycles. The highest BCUT2D eigenvalue weighted by Crippen LogP contribution is 2.27. The lowest BCUT2D eigenvalue weighted by atomic mass is 9.89. The minimum atomic E-state index is -3.44. The second kappa shape index (κ2) is 4.64. The van der Waals surface area contributed by atoms with Crippen LogP contribution in [0.4, 0.5) is 0 Å². The molecule has 1 N–H and O–H groups in total. The Morgan fingerprint density at radius 1 is 1.38 bits per heavy atom. The first-order chi connectivity index (χ1) is 7.13. The standard InChI is InChI=1S/C10H16ClNO2S2/c1-7(10(2,3)4)12-16(13,14)9-6-5-8(11)15-9/h5-7,12H,1-4H3/t7-/m0/s1. The van der Waals surface area contributed by atoms with E-state index in [1.165, 1.54) is 6.07 Å². The van der Waals surface area contributed by atoms with E-state index in [1.807, 2.05) is 27.7 Å². The van der Waals surface area contributed by atoms with E-state index in [0.717, 1.165) is 11.3 Å². The van der Waals surface area contributed by atoms with Crippen LogP contribution in [0.3, 0.4) is 0 Å². The van der Waals surface area contributed by atoms with Crippen molar-refractivity contribution >= 4 is 33.0 Å². The molecule has 0 aliphatic heterocycles. The van der Waals surface area contributed by atoms with Crippen LogP contribution in [0.5, 0.6) is 0 Å². The first-order valence-electron chi connectivity index (χ1n) is 4.90. The Balaban J connectivity index is 2.89. The van der Waals surface area contributed by atoms with Crippen molar-refractivity contribution in [2.45, 2.75) is 37.9 Å². The maximum absolute atomic E-state index is 11.9. The first kappa shape index (κ1) is 14.0. The van der Waals surface area contributed by atoms with Gasteiger partial charge in [0.25, 0.3) is 0 Å². The van der Waals surface area contributed by atoms with Crippen molar-refractivity contribution in [3.05, 3.63) is 16.5 Å². The van der Waals surface area contributed by atoms with Crippen LogP contribution < -0.4 is 4.72 Å². The Kier molecular flexibility index (Phi) is 4.05. The van der Waals surface area contributed by atoms with Crippen LogP contribution in [0, 0.1) is 5.41 Å². The quantitative estimate of drug-likeness (QED) is 0.925. The van der Waals surface area contributed by atoms with Crippen LogP contribution in [-0.4, -0.2) is 14.5 Å². The van der Waals surface area contributed by atoms with Gasteiger partial charge in [-0.25, -0.2) is 13.1 Å². The fourth-order valence-electron chi connectivity index (χ4n) is 0.910. The normalized spacial score (nSPS) is 15.1. The monoisotopic (exact) mass is 281 g/mol. The van der Waals surface area contributed by atoms with Crippen molar-refractivity contribution < 1.29 is 8.42 Å². The fourth-order valence-corrected chi connectivity index (χ4v) is 3.86. The van der Waals surface area contributed by atoms with Gasteiger partial charge in [0.05, 0.1) is 4.34 Å². The molecule has 1 aromatic rings. The summed E-state index contributed by atoms with van der Waals surface area (Å²) in [5.74, 6) is 0. The number of hydrogen-bond acceptors (Lipinski definition) is 3. The molecule has 6 heteroatoms. The lowest BCUT2D eigenvalue weighted by molar-refractivity contribution is 0.318. The van der Waals surface area contributed by atoms with Gasteiger partial charge in [0.15, 0.2) is 0 Å². The van der Waals surface area contributed by atoms with Crippen LogP contribution in [0.15, 0.2) is 16.3 Å². The lowest BCUT2D eigenvalue weighted by Crippen LogP contribution is -2.41. The van der Waals surface area contributed by atoms with Crippen molar-refractivity contribution in [3.8, 4) is 0 Å². The summed E-state index contributed by atoms with van der Waals surface area (Å²) in [7, 11) is -3.44. The summed E-state index contributed by atoms with van der Waals surface area (Å²) in [6.07, 6.45) is 0. The molecule has 1 rings (SSSR count). The highest BCUT2D eigenvalue weighted by molar-refractivity contribution is 7.91. The SMILES string of the molecule is C[C@H](NS(=O)(=O)c1ccc(Cl)s1)C(C)(C)C. The van der Waals surface area contributed by atoms with Gasteiger partial charge >= 0.3 is 0 Å². The van der Waals surface area contributed by atoms with Gasteiger partial charge in [0.2, 0.25) is 10.0 Å². The number of thiophene rings is 1. The first-order valence-corrected chi connectivity index (χ1v) is 7.58. The number of nitrogens with one attached hydrogen (secondary N) is 1. The number of halogens is 1. The van der Waals surface area contributed by atoms with E-state index in [4.69, 9.17) is 11.6 Å². The highest BCUT2D eigenvalue weighted by Gasteiger charge is 2.26. The maximum Gasteiger partial charge on any atom is 0.250 e. The van der Waals surface area contributed by atoms with Crippen molar-refractivity contribution in [3.63, 3.8) is 0 Å². The molecule has 1 aromatic heterocycles. The highest BCUT2D eigenvalue weighted by atomic mass is 35.5. The fraction of sp³-hybridized carbons (Fsp3) is 0.600. The zero-order chi connectivity index (χ0) is 12.6. The predicted molar refractivity (Wildman–Crippen MR) is 68.6 cm³/mol. The summed E-state index contributed by atoms with van der Waals surface area (Å²) in [4.78, 5) is 0. The molecule has 0 bridgehead atoms. The van der Waals surface area contributed by atoms with Crippen LogP contribution in [0.1, 0.15) is 27.7 Å². The molecule has 1 atom stereocenters. The minimum absolute atomic E-state index is 0.117. The number of rotatable bonds is 3. The van der Waals surface area contributed by atoms with Gasteiger partial charge < -0.3 is 0 Å². The lowest BCUT2D eigenvalue weighted by Gasteiger charge is -2.27. The molecular weight excluding hydrogens is 266 g/mol. The summed E-state index contributed by atoms with van der Waals surface area (Å²) >= 11 is 6.78. The molecule has 0 amide bonds. The average Bonchev–Trinajstić information content (AvgIpc) is 2.49.